The van der Waals surface area contributed by atoms with Crippen molar-refractivity contribution in [1.82, 2.24) is 14.4 Å². The number of hydrogen-bond acceptors (Lipinski definition) is 4. The van der Waals surface area contributed by atoms with E-state index in [0.29, 0.717) is 16.8 Å². The van der Waals surface area contributed by atoms with Crippen LogP contribution in [0.1, 0.15) is 62.9 Å². The Labute approximate surface area is 211 Å². The van der Waals surface area contributed by atoms with Gasteiger partial charge in [0, 0.05) is 52.0 Å². The van der Waals surface area contributed by atoms with Gasteiger partial charge in [-0.1, -0.05) is 63.6 Å². The molecule has 1 aliphatic rings. The van der Waals surface area contributed by atoms with Gasteiger partial charge in [0.1, 0.15) is 22.9 Å². The Morgan fingerprint density at radius 2 is 1.94 bits per heavy atom. The largest absolute Gasteiger partial charge is 0.382 e. The Morgan fingerprint density at radius 3 is 2.69 bits per heavy atom. The lowest BCUT2D eigenvalue weighted by molar-refractivity contribution is 0.624. The molecule has 5 rings (SSSR count). The molecule has 5 nitrogen and oxygen atoms in total. The molecule has 2 N–H and O–H groups in total. The summed E-state index contributed by atoms with van der Waals surface area (Å²) in [6.45, 7) is 11.0. The van der Waals surface area contributed by atoms with Crippen LogP contribution in [0.5, 0.6) is 0 Å². The standard InChI is InChI=1S/C29H30ClN5/c1-5-8-18(3)29-33-26(27-28(31)32-13-14-34(27)29)21-11-12-24-20(6-2)17-35(19(4)25(24)15-21)23-10-7-9-22(30)16-23/h7,9-18H,4-6,8H2,1-3H3,(H2,31,32). The predicted molar refractivity (Wildman–Crippen MR) is 147 cm³/mol. The van der Waals surface area contributed by atoms with Gasteiger partial charge in [-0.05, 0) is 48.2 Å². The fourth-order valence-electron chi connectivity index (χ4n) is 4.98. The number of allylic oxidation sites excluding steroid dienone is 1. The zero-order valence-corrected chi connectivity index (χ0v) is 21.2. The van der Waals surface area contributed by atoms with Crippen LogP contribution in [-0.2, 0) is 0 Å². The molecule has 6 heteroatoms. The number of rotatable bonds is 6. The molecule has 35 heavy (non-hydrogen) atoms. The van der Waals surface area contributed by atoms with Crippen molar-refractivity contribution in [2.24, 2.45) is 0 Å². The summed E-state index contributed by atoms with van der Waals surface area (Å²) in [5.41, 5.74) is 14.5. The van der Waals surface area contributed by atoms with Gasteiger partial charge in [-0.2, -0.15) is 0 Å². The molecule has 0 amide bonds. The van der Waals surface area contributed by atoms with Gasteiger partial charge in [-0.15, -0.1) is 0 Å². The summed E-state index contributed by atoms with van der Waals surface area (Å²) in [7, 11) is 0. The quantitative estimate of drug-likeness (QED) is 0.304. The third kappa shape index (κ3) is 4.00. The van der Waals surface area contributed by atoms with Crippen LogP contribution in [0.2, 0.25) is 5.02 Å². The molecule has 0 spiro atoms. The van der Waals surface area contributed by atoms with E-state index in [-0.39, 0.29) is 0 Å². The van der Waals surface area contributed by atoms with Crippen LogP contribution in [0.3, 0.4) is 0 Å². The molecule has 3 heterocycles. The third-order valence-corrected chi connectivity index (χ3v) is 7.00. The Balaban J connectivity index is 1.67. The molecule has 0 bridgehead atoms. The fourth-order valence-corrected chi connectivity index (χ4v) is 5.16. The van der Waals surface area contributed by atoms with Gasteiger partial charge in [0.05, 0.1) is 0 Å². The number of nitrogens with zero attached hydrogens (tertiary/aromatic N) is 4. The summed E-state index contributed by atoms with van der Waals surface area (Å²) < 4.78 is 2.10. The Morgan fingerprint density at radius 1 is 1.11 bits per heavy atom. The van der Waals surface area contributed by atoms with Gasteiger partial charge in [0.25, 0.3) is 0 Å². The van der Waals surface area contributed by atoms with Gasteiger partial charge in [-0.3, -0.25) is 4.40 Å². The first-order valence-corrected chi connectivity index (χ1v) is 12.5. The predicted octanol–water partition coefficient (Wildman–Crippen LogP) is 7.78. The van der Waals surface area contributed by atoms with E-state index in [9.17, 15) is 0 Å². The van der Waals surface area contributed by atoms with Crippen LogP contribution in [0.15, 0.2) is 67.6 Å². The van der Waals surface area contributed by atoms with Crippen molar-refractivity contribution in [3.63, 3.8) is 0 Å². The molecular weight excluding hydrogens is 454 g/mol. The van der Waals surface area contributed by atoms with Crippen molar-refractivity contribution < 1.29 is 0 Å². The van der Waals surface area contributed by atoms with E-state index < -0.39 is 0 Å². The minimum Gasteiger partial charge on any atom is -0.382 e. The van der Waals surface area contributed by atoms with Gasteiger partial charge in [0.15, 0.2) is 0 Å². The summed E-state index contributed by atoms with van der Waals surface area (Å²) in [6.07, 6.45) is 8.91. The first-order chi connectivity index (χ1) is 16.9. The molecular formula is C29H30ClN5. The second-order valence-electron chi connectivity index (χ2n) is 9.10. The van der Waals surface area contributed by atoms with E-state index in [4.69, 9.17) is 22.3 Å². The van der Waals surface area contributed by atoms with Crippen molar-refractivity contribution >= 4 is 39.9 Å². The highest BCUT2D eigenvalue weighted by Gasteiger charge is 2.24. The first-order valence-electron chi connectivity index (χ1n) is 12.1. The van der Waals surface area contributed by atoms with Gasteiger partial charge < -0.3 is 10.6 Å². The zero-order chi connectivity index (χ0) is 24.7. The first kappa shape index (κ1) is 23.2. The number of aromatic nitrogens is 3. The highest BCUT2D eigenvalue weighted by molar-refractivity contribution is 6.30. The normalized spacial score (nSPS) is 14.2. The lowest BCUT2D eigenvalue weighted by atomic mass is 9.90. The van der Waals surface area contributed by atoms with E-state index in [2.05, 4.69) is 66.0 Å². The van der Waals surface area contributed by atoms with Crippen LogP contribution < -0.4 is 10.6 Å². The SMILES string of the molecule is C=C1c2cc(-c3nc(C(C)CCC)n4ccnc(N)c34)ccc2C(CC)=CN1c1cccc(Cl)c1. The average molecular weight is 484 g/mol. The van der Waals surface area contributed by atoms with E-state index in [0.717, 1.165) is 58.8 Å². The molecule has 2 aromatic heterocycles. The molecule has 1 atom stereocenters. The van der Waals surface area contributed by atoms with Gasteiger partial charge in [-0.25, -0.2) is 9.97 Å². The molecule has 4 aromatic rings. The van der Waals surface area contributed by atoms with Crippen molar-refractivity contribution in [2.75, 3.05) is 10.6 Å². The summed E-state index contributed by atoms with van der Waals surface area (Å²) >= 11 is 6.30. The van der Waals surface area contributed by atoms with Gasteiger partial charge >= 0.3 is 0 Å². The van der Waals surface area contributed by atoms with E-state index >= 15 is 0 Å². The molecule has 178 valence electrons. The molecule has 2 aromatic carbocycles. The van der Waals surface area contributed by atoms with Gasteiger partial charge in [0.2, 0.25) is 0 Å². The molecule has 0 fully saturated rings. The zero-order valence-electron chi connectivity index (χ0n) is 20.4. The van der Waals surface area contributed by atoms with Crippen molar-refractivity contribution in [3.05, 3.63) is 89.6 Å². The molecule has 0 radical (unpaired) electrons. The summed E-state index contributed by atoms with van der Waals surface area (Å²) in [6, 6.07) is 14.3. The maximum absolute atomic E-state index is 6.38. The molecule has 0 aliphatic carbocycles. The van der Waals surface area contributed by atoms with E-state index in [1.54, 1.807) is 6.20 Å². The van der Waals surface area contributed by atoms with Crippen LogP contribution in [-0.4, -0.2) is 14.4 Å². The number of fused-ring (bicyclic) bond motifs is 2. The maximum atomic E-state index is 6.38. The fraction of sp³-hybridized carbons (Fsp3) is 0.241. The maximum Gasteiger partial charge on any atom is 0.150 e. The van der Waals surface area contributed by atoms with Crippen molar-refractivity contribution in [3.8, 4) is 11.3 Å². The molecule has 0 saturated carbocycles. The van der Waals surface area contributed by atoms with Crippen molar-refractivity contribution in [2.45, 2.75) is 46.0 Å². The van der Waals surface area contributed by atoms with E-state index in [1.165, 1.54) is 11.1 Å². The number of anilines is 2. The Bertz CT molecular complexity index is 1470. The van der Waals surface area contributed by atoms with Crippen molar-refractivity contribution in [1.29, 1.82) is 0 Å². The number of benzene rings is 2. The summed E-state index contributed by atoms with van der Waals surface area (Å²) in [5, 5.41) is 0.697. The minimum atomic E-state index is 0.309. The smallest absolute Gasteiger partial charge is 0.150 e. The van der Waals surface area contributed by atoms with Crippen LogP contribution >= 0.6 is 11.6 Å². The summed E-state index contributed by atoms with van der Waals surface area (Å²) in [4.78, 5) is 11.6. The third-order valence-electron chi connectivity index (χ3n) is 6.77. The monoisotopic (exact) mass is 483 g/mol. The summed E-state index contributed by atoms with van der Waals surface area (Å²) in [5.74, 6) is 1.80. The molecule has 1 aliphatic heterocycles. The number of nitrogens with two attached hydrogens (primary N) is 1. The molecule has 1 unspecified atom stereocenters. The molecule has 0 saturated heterocycles. The van der Waals surface area contributed by atoms with E-state index in [1.807, 2.05) is 30.5 Å². The number of nitrogen functional groups attached to an aromatic ring is 1. The Hall–Kier alpha value is -3.57. The van der Waals surface area contributed by atoms with Crippen LogP contribution in [0.25, 0.3) is 28.0 Å². The number of hydrogen-bond donors (Lipinski definition) is 1. The van der Waals surface area contributed by atoms with Crippen LogP contribution in [0.4, 0.5) is 11.5 Å². The minimum absolute atomic E-state index is 0.309. The second kappa shape index (κ2) is 9.23. The van der Waals surface area contributed by atoms with Crippen LogP contribution in [0, 0.1) is 0 Å². The average Bonchev–Trinajstić information content (AvgIpc) is 3.25. The lowest BCUT2D eigenvalue weighted by Gasteiger charge is -2.31. The lowest BCUT2D eigenvalue weighted by Crippen LogP contribution is -2.19. The number of imidazole rings is 1. The highest BCUT2D eigenvalue weighted by Crippen LogP contribution is 2.41. The second-order valence-corrected chi connectivity index (χ2v) is 9.54. The number of halogens is 1. The highest BCUT2D eigenvalue weighted by atomic mass is 35.5. The topological polar surface area (TPSA) is 59.5 Å². The Kier molecular flexibility index (Phi) is 6.12.